The predicted molar refractivity (Wildman–Crippen MR) is 94.8 cm³/mol. The summed E-state index contributed by atoms with van der Waals surface area (Å²) in [5, 5.41) is 2.41. The van der Waals surface area contributed by atoms with Crippen LogP contribution in [0.15, 0.2) is 30.3 Å². The Morgan fingerprint density at radius 2 is 1.89 bits per heavy atom. The van der Waals surface area contributed by atoms with Crippen LogP contribution in [0.1, 0.15) is 31.4 Å². The van der Waals surface area contributed by atoms with Gasteiger partial charge in [-0.2, -0.15) is 13.2 Å². The maximum Gasteiger partial charge on any atom is 0.416 e. The molecule has 1 amide bonds. The molecule has 1 rings (SSSR count). The van der Waals surface area contributed by atoms with Gasteiger partial charge < -0.3 is 14.8 Å². The molecular weight excluding hydrogens is 379 g/mol. The number of hydrogen-bond donors (Lipinski definition) is 1. The fraction of sp³-hybridized carbons (Fsp3) is 0.421. The molecule has 0 aliphatic carbocycles. The maximum atomic E-state index is 12.6. The first-order chi connectivity index (χ1) is 13.0. The van der Waals surface area contributed by atoms with Gasteiger partial charge in [-0.05, 0) is 36.1 Å². The lowest BCUT2D eigenvalue weighted by molar-refractivity contribution is -0.148. The molecule has 0 unspecified atom stereocenters. The van der Waals surface area contributed by atoms with Crippen LogP contribution in [0, 0.1) is 5.92 Å². The molecule has 1 aromatic rings. The molecule has 0 aliphatic heterocycles. The maximum absolute atomic E-state index is 12.6. The Bertz CT molecular complexity index is 729. The van der Waals surface area contributed by atoms with Gasteiger partial charge in [0.05, 0.1) is 12.7 Å². The van der Waals surface area contributed by atoms with Gasteiger partial charge in [0, 0.05) is 6.08 Å². The quantitative estimate of drug-likeness (QED) is 0.535. The summed E-state index contributed by atoms with van der Waals surface area (Å²) < 4.78 is 47.3. The van der Waals surface area contributed by atoms with Gasteiger partial charge in [-0.3, -0.25) is 4.79 Å². The SMILES string of the molecule is COC(=O)[C@@H](CC(C)C)NC(=O)COC(=O)/C=C/c1cccc(C(F)(F)F)c1. The average Bonchev–Trinajstić information content (AvgIpc) is 2.62. The van der Waals surface area contributed by atoms with Gasteiger partial charge in [0.2, 0.25) is 0 Å². The fourth-order valence-electron chi connectivity index (χ4n) is 2.23. The van der Waals surface area contributed by atoms with Crippen molar-refractivity contribution in [2.45, 2.75) is 32.5 Å². The van der Waals surface area contributed by atoms with Gasteiger partial charge in [0.1, 0.15) is 6.04 Å². The molecule has 0 heterocycles. The highest BCUT2D eigenvalue weighted by molar-refractivity contribution is 5.90. The number of halogens is 3. The van der Waals surface area contributed by atoms with Gasteiger partial charge in [-0.15, -0.1) is 0 Å². The van der Waals surface area contributed by atoms with Crippen molar-refractivity contribution in [1.82, 2.24) is 5.32 Å². The number of esters is 2. The molecule has 0 saturated heterocycles. The number of amides is 1. The van der Waals surface area contributed by atoms with Crippen LogP contribution in [-0.4, -0.2) is 37.6 Å². The van der Waals surface area contributed by atoms with Crippen LogP contribution in [-0.2, 0) is 30.0 Å². The monoisotopic (exact) mass is 401 g/mol. The van der Waals surface area contributed by atoms with Crippen molar-refractivity contribution >= 4 is 23.9 Å². The van der Waals surface area contributed by atoms with Gasteiger partial charge >= 0.3 is 18.1 Å². The van der Waals surface area contributed by atoms with Crippen LogP contribution in [0.5, 0.6) is 0 Å². The molecule has 0 saturated carbocycles. The number of benzene rings is 1. The minimum atomic E-state index is -4.49. The van der Waals surface area contributed by atoms with Gasteiger partial charge in [0.15, 0.2) is 6.61 Å². The molecular formula is C19H22F3NO5. The van der Waals surface area contributed by atoms with Crippen LogP contribution in [0.2, 0.25) is 0 Å². The van der Waals surface area contributed by atoms with E-state index in [4.69, 9.17) is 4.74 Å². The molecule has 0 spiro atoms. The largest absolute Gasteiger partial charge is 0.467 e. The predicted octanol–water partition coefficient (Wildman–Crippen LogP) is 2.97. The van der Waals surface area contributed by atoms with E-state index in [9.17, 15) is 27.6 Å². The zero-order chi connectivity index (χ0) is 21.3. The summed E-state index contributed by atoms with van der Waals surface area (Å²) in [7, 11) is 1.19. The minimum absolute atomic E-state index is 0.113. The molecule has 0 fully saturated rings. The molecule has 0 bridgehead atoms. The van der Waals surface area contributed by atoms with E-state index in [1.165, 1.54) is 19.2 Å². The average molecular weight is 401 g/mol. The molecule has 0 aromatic heterocycles. The minimum Gasteiger partial charge on any atom is -0.467 e. The summed E-state index contributed by atoms with van der Waals surface area (Å²) in [5.41, 5.74) is -0.694. The summed E-state index contributed by atoms with van der Waals surface area (Å²) in [6.07, 6.45) is -2.09. The van der Waals surface area contributed by atoms with E-state index >= 15 is 0 Å². The second-order valence-electron chi connectivity index (χ2n) is 6.34. The molecule has 0 aliphatic rings. The zero-order valence-electron chi connectivity index (χ0n) is 15.7. The van der Waals surface area contributed by atoms with Crippen LogP contribution in [0.25, 0.3) is 6.08 Å². The normalized spacial score (nSPS) is 12.7. The molecule has 1 aromatic carbocycles. The Kier molecular flexibility index (Phi) is 8.69. The Labute approximate surface area is 160 Å². The van der Waals surface area contributed by atoms with Crippen LogP contribution in [0.3, 0.4) is 0 Å². The van der Waals surface area contributed by atoms with Gasteiger partial charge in [-0.25, -0.2) is 9.59 Å². The highest BCUT2D eigenvalue weighted by Crippen LogP contribution is 2.29. The van der Waals surface area contributed by atoms with Crippen molar-refractivity contribution in [1.29, 1.82) is 0 Å². The molecule has 9 heteroatoms. The first-order valence-electron chi connectivity index (χ1n) is 8.42. The number of hydrogen-bond acceptors (Lipinski definition) is 5. The van der Waals surface area contributed by atoms with E-state index in [0.29, 0.717) is 6.42 Å². The summed E-state index contributed by atoms with van der Waals surface area (Å²) in [6, 6.07) is 3.52. The smallest absolute Gasteiger partial charge is 0.416 e. The van der Waals surface area contributed by atoms with Crippen molar-refractivity contribution in [3.63, 3.8) is 0 Å². The highest BCUT2D eigenvalue weighted by atomic mass is 19.4. The van der Waals surface area contributed by atoms with Gasteiger partial charge in [-0.1, -0.05) is 26.0 Å². The molecule has 1 N–H and O–H groups in total. The fourth-order valence-corrected chi connectivity index (χ4v) is 2.23. The summed E-state index contributed by atoms with van der Waals surface area (Å²) in [5.74, 6) is -2.11. The first kappa shape index (κ1) is 23.2. The van der Waals surface area contributed by atoms with Crippen molar-refractivity contribution < 1.29 is 37.0 Å². The molecule has 6 nitrogen and oxygen atoms in total. The lowest BCUT2D eigenvalue weighted by Gasteiger charge is -2.18. The number of rotatable bonds is 8. The Hall–Kier alpha value is -2.84. The Morgan fingerprint density at radius 1 is 1.21 bits per heavy atom. The molecule has 1 atom stereocenters. The topological polar surface area (TPSA) is 81.7 Å². The van der Waals surface area contributed by atoms with E-state index in [1.54, 1.807) is 0 Å². The number of ether oxygens (including phenoxy) is 2. The summed E-state index contributed by atoms with van der Waals surface area (Å²) in [4.78, 5) is 35.1. The van der Waals surface area contributed by atoms with Crippen LogP contribution in [0.4, 0.5) is 13.2 Å². The lowest BCUT2D eigenvalue weighted by Crippen LogP contribution is -2.44. The summed E-state index contributed by atoms with van der Waals surface area (Å²) in [6.45, 7) is 3.08. The number of carbonyl (C=O) groups excluding carboxylic acids is 3. The first-order valence-corrected chi connectivity index (χ1v) is 8.42. The molecule has 28 heavy (non-hydrogen) atoms. The third kappa shape index (κ3) is 8.24. The second kappa shape index (κ2) is 10.5. The third-order valence-electron chi connectivity index (χ3n) is 3.50. The van der Waals surface area contributed by atoms with Crippen LogP contribution >= 0.6 is 0 Å². The summed E-state index contributed by atoms with van der Waals surface area (Å²) >= 11 is 0. The highest BCUT2D eigenvalue weighted by Gasteiger charge is 2.30. The van der Waals surface area contributed by atoms with Crippen molar-refractivity contribution in [3.05, 3.63) is 41.5 Å². The van der Waals surface area contributed by atoms with E-state index in [-0.39, 0.29) is 11.5 Å². The third-order valence-corrected chi connectivity index (χ3v) is 3.50. The number of nitrogens with one attached hydrogen (secondary N) is 1. The van der Waals surface area contributed by atoms with Crippen molar-refractivity contribution in [2.75, 3.05) is 13.7 Å². The molecule has 0 radical (unpaired) electrons. The number of alkyl halides is 3. The number of methoxy groups -OCH3 is 1. The molecule has 154 valence electrons. The zero-order valence-corrected chi connectivity index (χ0v) is 15.7. The Balaban J connectivity index is 2.58. The van der Waals surface area contributed by atoms with Crippen LogP contribution < -0.4 is 5.32 Å². The van der Waals surface area contributed by atoms with Crippen molar-refractivity contribution in [3.8, 4) is 0 Å². The van der Waals surface area contributed by atoms with E-state index in [2.05, 4.69) is 10.1 Å². The Morgan fingerprint density at radius 3 is 2.46 bits per heavy atom. The standard InChI is InChI=1S/C19H22F3NO5/c1-12(2)9-15(18(26)27-3)23-16(24)11-28-17(25)8-7-13-5-4-6-14(10-13)19(20,21)22/h4-8,10,12,15H,9,11H2,1-3H3,(H,23,24)/b8-7+/t15-/m1/s1. The van der Waals surface area contributed by atoms with Crippen molar-refractivity contribution in [2.24, 2.45) is 5.92 Å². The van der Waals surface area contributed by atoms with Gasteiger partial charge in [0.25, 0.3) is 5.91 Å². The van der Waals surface area contributed by atoms with E-state index < -0.39 is 42.2 Å². The second-order valence-corrected chi connectivity index (χ2v) is 6.34. The van der Waals surface area contributed by atoms with E-state index in [0.717, 1.165) is 24.3 Å². The van der Waals surface area contributed by atoms with E-state index in [1.807, 2.05) is 13.8 Å². The number of carbonyl (C=O) groups is 3. The lowest BCUT2D eigenvalue weighted by atomic mass is 10.0.